The molecule has 1 aliphatic rings. The first-order valence-electron chi connectivity index (χ1n) is 7.16. The van der Waals surface area contributed by atoms with E-state index in [1.807, 2.05) is 0 Å². The average molecular weight is 400 g/mol. The van der Waals surface area contributed by atoms with Crippen LogP contribution in [0, 0.1) is 0 Å². The van der Waals surface area contributed by atoms with Crippen LogP contribution in [0.2, 0.25) is 0 Å². The fourth-order valence-electron chi connectivity index (χ4n) is 2.75. The van der Waals surface area contributed by atoms with Crippen LogP contribution in [0.1, 0.15) is 11.1 Å². The van der Waals surface area contributed by atoms with Crippen LogP contribution in [-0.2, 0) is 21.6 Å². The molecule has 0 saturated heterocycles. The van der Waals surface area contributed by atoms with Gasteiger partial charge in [-0.05, 0) is 23.8 Å². The monoisotopic (exact) mass is 399 g/mol. The molecule has 7 heteroatoms. The van der Waals surface area contributed by atoms with Gasteiger partial charge in [-0.25, -0.2) is 0 Å². The number of halogens is 4. The van der Waals surface area contributed by atoms with Crippen molar-refractivity contribution in [3.8, 4) is 0 Å². The van der Waals surface area contributed by atoms with E-state index in [4.69, 9.17) is 4.74 Å². The Bertz CT molecular complexity index is 761. The van der Waals surface area contributed by atoms with Gasteiger partial charge in [-0.2, -0.15) is 13.2 Å². The molecule has 0 fully saturated rings. The second-order valence-electron chi connectivity index (χ2n) is 5.53. The zero-order valence-corrected chi connectivity index (χ0v) is 13.9. The molecule has 2 aromatic rings. The Morgan fingerprint density at radius 3 is 2.42 bits per heavy atom. The molecule has 0 aromatic heterocycles. The van der Waals surface area contributed by atoms with Crippen molar-refractivity contribution in [3.05, 3.63) is 64.1 Å². The van der Waals surface area contributed by atoms with Gasteiger partial charge in [0, 0.05) is 22.1 Å². The van der Waals surface area contributed by atoms with Crippen molar-refractivity contribution in [1.29, 1.82) is 0 Å². The molecule has 0 bridgehead atoms. The lowest BCUT2D eigenvalue weighted by Gasteiger charge is -2.28. The number of nitrogens with one attached hydrogen (secondary N) is 1. The quantitative estimate of drug-likeness (QED) is 0.826. The third-order valence-electron chi connectivity index (χ3n) is 3.83. The van der Waals surface area contributed by atoms with Gasteiger partial charge in [-0.1, -0.05) is 46.3 Å². The molecular formula is C17H13BrF3NO2. The second kappa shape index (κ2) is 6.22. The molecule has 1 atom stereocenters. The predicted octanol–water partition coefficient (Wildman–Crippen LogP) is 4.42. The van der Waals surface area contributed by atoms with Crippen molar-refractivity contribution in [2.45, 2.75) is 18.2 Å². The van der Waals surface area contributed by atoms with Gasteiger partial charge in [-0.15, -0.1) is 0 Å². The van der Waals surface area contributed by atoms with E-state index in [1.54, 1.807) is 48.5 Å². The highest BCUT2D eigenvalue weighted by molar-refractivity contribution is 9.10. The van der Waals surface area contributed by atoms with Crippen LogP contribution in [0.5, 0.6) is 0 Å². The van der Waals surface area contributed by atoms with E-state index in [0.29, 0.717) is 16.8 Å². The molecule has 126 valence electrons. The third kappa shape index (κ3) is 3.32. The Balaban J connectivity index is 2.01. The largest absolute Gasteiger partial charge is 0.411 e. The molecule has 1 unspecified atom stereocenters. The fraction of sp³-hybridized carbons (Fsp3) is 0.235. The normalized spacial score (nSPS) is 19.9. The Hall–Kier alpha value is -1.86. The number of benzene rings is 2. The fourth-order valence-corrected chi connectivity index (χ4v) is 3.02. The summed E-state index contributed by atoms with van der Waals surface area (Å²) in [5.41, 5.74) is -0.101. The Morgan fingerprint density at radius 1 is 1.08 bits per heavy atom. The second-order valence-corrected chi connectivity index (χ2v) is 6.45. The van der Waals surface area contributed by atoms with E-state index in [-0.39, 0.29) is 6.42 Å². The van der Waals surface area contributed by atoms with Crippen molar-refractivity contribution in [1.82, 2.24) is 0 Å². The summed E-state index contributed by atoms with van der Waals surface area (Å²) < 4.78 is 44.2. The van der Waals surface area contributed by atoms with Crippen molar-refractivity contribution in [3.63, 3.8) is 0 Å². The number of hydrogen-bond donors (Lipinski definition) is 1. The van der Waals surface area contributed by atoms with Crippen LogP contribution in [0.3, 0.4) is 0 Å². The SMILES string of the molecule is O=C1Nc2ccccc2C1(Cc1ccc(Br)cc1)OCC(F)(F)F. The first kappa shape index (κ1) is 17.0. The number of alkyl halides is 3. The minimum atomic E-state index is -4.52. The van der Waals surface area contributed by atoms with Gasteiger partial charge < -0.3 is 10.1 Å². The maximum Gasteiger partial charge on any atom is 0.411 e. The van der Waals surface area contributed by atoms with E-state index in [9.17, 15) is 18.0 Å². The summed E-state index contributed by atoms with van der Waals surface area (Å²) in [4.78, 5) is 12.5. The lowest BCUT2D eigenvalue weighted by molar-refractivity contribution is -0.206. The van der Waals surface area contributed by atoms with Crippen LogP contribution >= 0.6 is 15.9 Å². The number of para-hydroxylation sites is 1. The van der Waals surface area contributed by atoms with Crippen LogP contribution in [0.15, 0.2) is 53.0 Å². The zero-order valence-electron chi connectivity index (χ0n) is 12.4. The molecular weight excluding hydrogens is 387 g/mol. The minimum absolute atomic E-state index is 0.0131. The van der Waals surface area contributed by atoms with Gasteiger partial charge in [0.1, 0.15) is 6.61 Å². The highest BCUT2D eigenvalue weighted by Crippen LogP contribution is 2.42. The number of carbonyl (C=O) groups is 1. The highest BCUT2D eigenvalue weighted by Gasteiger charge is 2.50. The first-order valence-corrected chi connectivity index (χ1v) is 7.96. The van der Waals surface area contributed by atoms with Crippen molar-refractivity contribution < 1.29 is 22.7 Å². The molecule has 2 aromatic carbocycles. The molecule has 0 radical (unpaired) electrons. The number of fused-ring (bicyclic) bond motifs is 1. The van der Waals surface area contributed by atoms with Crippen molar-refractivity contribution >= 4 is 27.5 Å². The third-order valence-corrected chi connectivity index (χ3v) is 4.35. The van der Waals surface area contributed by atoms with E-state index in [1.165, 1.54) is 0 Å². The Kier molecular flexibility index (Phi) is 4.40. The number of hydrogen-bond acceptors (Lipinski definition) is 2. The highest BCUT2D eigenvalue weighted by atomic mass is 79.9. The minimum Gasteiger partial charge on any atom is -0.350 e. The standard InChI is InChI=1S/C17H13BrF3NO2/c18-12-7-5-11(6-8-12)9-16(24-10-17(19,20)21)13-3-1-2-4-14(13)22-15(16)23/h1-8H,9-10H2,(H,22,23). The Morgan fingerprint density at radius 2 is 1.75 bits per heavy atom. The van der Waals surface area contributed by atoms with E-state index < -0.39 is 24.3 Å². The van der Waals surface area contributed by atoms with Crippen LogP contribution in [-0.4, -0.2) is 18.7 Å². The molecule has 0 aliphatic carbocycles. The van der Waals surface area contributed by atoms with E-state index in [0.717, 1.165) is 4.47 Å². The lowest BCUT2D eigenvalue weighted by atomic mass is 9.88. The summed E-state index contributed by atoms with van der Waals surface area (Å²) in [7, 11) is 0. The maximum atomic E-state index is 12.7. The van der Waals surface area contributed by atoms with Gasteiger partial charge in [0.05, 0.1) is 0 Å². The smallest absolute Gasteiger partial charge is 0.350 e. The van der Waals surface area contributed by atoms with E-state index in [2.05, 4.69) is 21.2 Å². The van der Waals surface area contributed by atoms with Gasteiger partial charge in [0.15, 0.2) is 5.60 Å². The summed E-state index contributed by atoms with van der Waals surface area (Å²) >= 11 is 3.31. The molecule has 0 saturated carbocycles. The average Bonchev–Trinajstić information content (AvgIpc) is 2.80. The molecule has 1 aliphatic heterocycles. The molecule has 1 heterocycles. The molecule has 1 N–H and O–H groups in total. The maximum absolute atomic E-state index is 12.7. The van der Waals surface area contributed by atoms with Gasteiger partial charge in [0.25, 0.3) is 5.91 Å². The van der Waals surface area contributed by atoms with Crippen LogP contribution < -0.4 is 5.32 Å². The summed E-state index contributed by atoms with van der Waals surface area (Å²) in [6.45, 7) is -1.49. The topological polar surface area (TPSA) is 38.3 Å². The van der Waals surface area contributed by atoms with Gasteiger partial charge in [0.2, 0.25) is 0 Å². The number of ether oxygens (including phenoxy) is 1. The molecule has 24 heavy (non-hydrogen) atoms. The van der Waals surface area contributed by atoms with Crippen molar-refractivity contribution in [2.75, 3.05) is 11.9 Å². The van der Waals surface area contributed by atoms with E-state index >= 15 is 0 Å². The van der Waals surface area contributed by atoms with Gasteiger partial charge in [-0.3, -0.25) is 4.79 Å². The number of carbonyl (C=O) groups excluding carboxylic acids is 1. The first-order chi connectivity index (χ1) is 11.3. The zero-order chi connectivity index (χ0) is 17.4. The van der Waals surface area contributed by atoms with Crippen LogP contribution in [0.25, 0.3) is 0 Å². The lowest BCUT2D eigenvalue weighted by Crippen LogP contribution is -2.42. The van der Waals surface area contributed by atoms with Gasteiger partial charge >= 0.3 is 6.18 Å². The molecule has 0 spiro atoms. The number of rotatable bonds is 4. The summed E-state index contributed by atoms with van der Waals surface area (Å²) in [6, 6.07) is 13.7. The molecule has 3 nitrogen and oxygen atoms in total. The summed E-state index contributed by atoms with van der Waals surface area (Å²) in [5.74, 6) is -0.587. The Labute approximate surface area is 144 Å². The summed E-state index contributed by atoms with van der Waals surface area (Å²) in [6.07, 6.45) is -4.51. The van der Waals surface area contributed by atoms with Crippen LogP contribution in [0.4, 0.5) is 18.9 Å². The molecule has 3 rings (SSSR count). The summed E-state index contributed by atoms with van der Waals surface area (Å²) in [5, 5.41) is 2.62. The van der Waals surface area contributed by atoms with Crippen molar-refractivity contribution in [2.24, 2.45) is 0 Å². The molecule has 1 amide bonds. The predicted molar refractivity (Wildman–Crippen MR) is 86.6 cm³/mol. The number of anilines is 1. The number of amides is 1.